The van der Waals surface area contributed by atoms with Gasteiger partial charge in [0.05, 0.1) is 5.56 Å². The normalized spacial score (nSPS) is 10.8. The van der Waals surface area contributed by atoms with Crippen LogP contribution in [0.5, 0.6) is 0 Å². The van der Waals surface area contributed by atoms with E-state index in [0.717, 1.165) is 33.1 Å². The smallest absolute Gasteiger partial charge is 0.256 e. The van der Waals surface area contributed by atoms with Crippen LogP contribution in [-0.4, -0.2) is 12.2 Å². The molecule has 0 saturated heterocycles. The zero-order valence-corrected chi connectivity index (χ0v) is 15.6. The summed E-state index contributed by atoms with van der Waals surface area (Å²) in [5.74, 6) is -0.210. The van der Waals surface area contributed by atoms with E-state index in [0.29, 0.717) is 16.1 Å². The average molecular weight is 377 g/mol. The van der Waals surface area contributed by atoms with E-state index < -0.39 is 0 Å². The number of carbonyl (C=O) groups is 2. The summed E-state index contributed by atoms with van der Waals surface area (Å²) < 4.78 is 1.15. The standard InChI is InChI=1S/C21H15NO2S2/c1-13-2-4-14(5-3-13)18-12-26-21(17(18)11-23)22-20(24)16-6-7-19-15(10-16)8-9-25-19/h2-12H,1H3,(H,22,24). The predicted octanol–water partition coefficient (Wildman–Crippen LogP) is 6.00. The summed E-state index contributed by atoms with van der Waals surface area (Å²) in [6.07, 6.45) is 0.809. The highest BCUT2D eigenvalue weighted by molar-refractivity contribution is 7.17. The second-order valence-electron chi connectivity index (χ2n) is 6.00. The van der Waals surface area contributed by atoms with E-state index in [2.05, 4.69) is 5.32 Å². The quantitative estimate of drug-likeness (QED) is 0.443. The molecule has 0 aliphatic rings. The van der Waals surface area contributed by atoms with Gasteiger partial charge in [0.15, 0.2) is 6.29 Å². The number of hydrogen-bond donors (Lipinski definition) is 1. The number of fused-ring (bicyclic) bond motifs is 1. The second kappa shape index (κ2) is 6.86. The molecule has 0 unspecified atom stereocenters. The van der Waals surface area contributed by atoms with Crippen LogP contribution in [0, 0.1) is 6.92 Å². The molecule has 0 bridgehead atoms. The van der Waals surface area contributed by atoms with Crippen LogP contribution in [0.1, 0.15) is 26.3 Å². The summed E-state index contributed by atoms with van der Waals surface area (Å²) in [5, 5.41) is 8.42. The van der Waals surface area contributed by atoms with E-state index in [1.807, 2.05) is 66.2 Å². The van der Waals surface area contributed by atoms with Crippen LogP contribution in [-0.2, 0) is 0 Å². The van der Waals surface area contributed by atoms with Crippen molar-refractivity contribution in [1.29, 1.82) is 0 Å². The van der Waals surface area contributed by atoms with Gasteiger partial charge in [-0.1, -0.05) is 29.8 Å². The van der Waals surface area contributed by atoms with Crippen molar-refractivity contribution in [1.82, 2.24) is 0 Å². The minimum Gasteiger partial charge on any atom is -0.313 e. The third-order valence-corrected chi connectivity index (χ3v) is 6.06. The summed E-state index contributed by atoms with van der Waals surface area (Å²) in [7, 11) is 0. The zero-order valence-electron chi connectivity index (χ0n) is 14.0. The zero-order chi connectivity index (χ0) is 18.1. The maximum absolute atomic E-state index is 12.6. The molecule has 0 atom stereocenters. The molecule has 5 heteroatoms. The van der Waals surface area contributed by atoms with Crippen LogP contribution in [0.15, 0.2) is 59.3 Å². The highest BCUT2D eigenvalue weighted by atomic mass is 32.1. The van der Waals surface area contributed by atoms with Gasteiger partial charge in [0.2, 0.25) is 0 Å². The maximum atomic E-state index is 12.6. The molecule has 4 rings (SSSR count). The SMILES string of the molecule is Cc1ccc(-c2csc(NC(=O)c3ccc4sccc4c3)c2C=O)cc1. The fourth-order valence-electron chi connectivity index (χ4n) is 2.82. The molecular weight excluding hydrogens is 362 g/mol. The van der Waals surface area contributed by atoms with E-state index in [-0.39, 0.29) is 5.91 Å². The Morgan fingerprint density at radius 2 is 1.85 bits per heavy atom. The minimum absolute atomic E-state index is 0.210. The van der Waals surface area contributed by atoms with E-state index in [4.69, 9.17) is 0 Å². The number of anilines is 1. The first kappa shape index (κ1) is 16.7. The first-order valence-corrected chi connectivity index (χ1v) is 9.84. The number of nitrogens with one attached hydrogen (secondary N) is 1. The number of hydrogen-bond acceptors (Lipinski definition) is 4. The van der Waals surface area contributed by atoms with Crippen molar-refractivity contribution in [2.75, 3.05) is 5.32 Å². The molecule has 2 aromatic carbocycles. The molecule has 2 aromatic heterocycles. The van der Waals surface area contributed by atoms with E-state index in [1.165, 1.54) is 11.3 Å². The number of aldehydes is 1. The Bertz CT molecular complexity index is 1110. The Labute approximate surface area is 158 Å². The van der Waals surface area contributed by atoms with Crippen molar-refractivity contribution in [3.63, 3.8) is 0 Å². The molecule has 0 aliphatic carbocycles. The molecule has 2 heterocycles. The lowest BCUT2D eigenvalue weighted by Crippen LogP contribution is -2.11. The predicted molar refractivity (Wildman–Crippen MR) is 110 cm³/mol. The molecule has 1 N–H and O–H groups in total. The maximum Gasteiger partial charge on any atom is 0.256 e. The molecule has 26 heavy (non-hydrogen) atoms. The summed E-state index contributed by atoms with van der Waals surface area (Å²) in [6.45, 7) is 2.02. The van der Waals surface area contributed by atoms with Gasteiger partial charge in [-0.25, -0.2) is 0 Å². The molecule has 0 fully saturated rings. The van der Waals surface area contributed by atoms with Crippen LogP contribution >= 0.6 is 22.7 Å². The van der Waals surface area contributed by atoms with E-state index in [1.54, 1.807) is 11.3 Å². The summed E-state index contributed by atoms with van der Waals surface area (Å²) in [6, 6.07) is 15.6. The largest absolute Gasteiger partial charge is 0.313 e. The van der Waals surface area contributed by atoms with Crippen LogP contribution in [0.4, 0.5) is 5.00 Å². The van der Waals surface area contributed by atoms with Crippen molar-refractivity contribution in [2.45, 2.75) is 6.92 Å². The van der Waals surface area contributed by atoms with Gasteiger partial charge in [0, 0.05) is 21.2 Å². The number of benzene rings is 2. The minimum atomic E-state index is -0.210. The fourth-order valence-corrected chi connectivity index (χ4v) is 4.53. The van der Waals surface area contributed by atoms with Crippen molar-refractivity contribution in [3.05, 3.63) is 76.0 Å². The number of carbonyl (C=O) groups excluding carboxylic acids is 2. The van der Waals surface area contributed by atoms with Crippen molar-refractivity contribution in [2.24, 2.45) is 0 Å². The van der Waals surface area contributed by atoms with Crippen molar-refractivity contribution in [3.8, 4) is 11.1 Å². The number of thiophene rings is 2. The van der Waals surface area contributed by atoms with Gasteiger partial charge in [0.25, 0.3) is 5.91 Å². The lowest BCUT2D eigenvalue weighted by Gasteiger charge is -2.05. The topological polar surface area (TPSA) is 46.2 Å². The third-order valence-electron chi connectivity index (χ3n) is 4.25. The van der Waals surface area contributed by atoms with E-state index >= 15 is 0 Å². The van der Waals surface area contributed by atoms with Gasteiger partial charge in [-0.3, -0.25) is 9.59 Å². The van der Waals surface area contributed by atoms with Gasteiger partial charge in [-0.2, -0.15) is 0 Å². The first-order valence-electron chi connectivity index (χ1n) is 8.08. The Morgan fingerprint density at radius 1 is 1.04 bits per heavy atom. The van der Waals surface area contributed by atoms with Crippen LogP contribution in [0.2, 0.25) is 0 Å². The van der Waals surface area contributed by atoms with Gasteiger partial charge < -0.3 is 5.32 Å². The van der Waals surface area contributed by atoms with Gasteiger partial charge in [0.1, 0.15) is 5.00 Å². The van der Waals surface area contributed by atoms with Crippen molar-refractivity contribution >= 4 is 50.0 Å². The Balaban J connectivity index is 1.64. The van der Waals surface area contributed by atoms with Crippen LogP contribution < -0.4 is 5.32 Å². The molecule has 0 aliphatic heterocycles. The summed E-state index contributed by atoms with van der Waals surface area (Å²) >= 11 is 3.01. The Kier molecular flexibility index (Phi) is 4.41. The second-order valence-corrected chi connectivity index (χ2v) is 7.83. The third kappa shape index (κ3) is 3.07. The number of amides is 1. The number of aryl methyl sites for hydroxylation is 1. The van der Waals surface area contributed by atoms with Crippen LogP contribution in [0.3, 0.4) is 0 Å². The first-order chi connectivity index (χ1) is 12.7. The lowest BCUT2D eigenvalue weighted by atomic mass is 10.0. The summed E-state index contributed by atoms with van der Waals surface area (Å²) in [4.78, 5) is 24.3. The Hall–Kier alpha value is -2.76. The molecule has 1 amide bonds. The molecule has 0 radical (unpaired) electrons. The lowest BCUT2D eigenvalue weighted by molar-refractivity contribution is 0.102. The van der Waals surface area contributed by atoms with E-state index in [9.17, 15) is 9.59 Å². The molecule has 0 saturated carbocycles. The summed E-state index contributed by atoms with van der Waals surface area (Å²) in [5.41, 5.74) is 4.07. The highest BCUT2D eigenvalue weighted by Gasteiger charge is 2.16. The molecule has 4 aromatic rings. The highest BCUT2D eigenvalue weighted by Crippen LogP contribution is 2.35. The van der Waals surface area contributed by atoms with Crippen molar-refractivity contribution < 1.29 is 9.59 Å². The molecule has 0 spiro atoms. The molecule has 128 valence electrons. The van der Waals surface area contributed by atoms with Crippen LogP contribution in [0.25, 0.3) is 21.2 Å². The monoisotopic (exact) mass is 377 g/mol. The Morgan fingerprint density at radius 3 is 2.62 bits per heavy atom. The molecule has 3 nitrogen and oxygen atoms in total. The van der Waals surface area contributed by atoms with Gasteiger partial charge in [-0.15, -0.1) is 22.7 Å². The molecular formula is C21H15NO2S2. The van der Waals surface area contributed by atoms with Gasteiger partial charge >= 0.3 is 0 Å². The number of rotatable bonds is 4. The fraction of sp³-hybridized carbons (Fsp3) is 0.0476. The average Bonchev–Trinajstić information content (AvgIpc) is 3.28. The van der Waals surface area contributed by atoms with Gasteiger partial charge in [-0.05, 0) is 47.5 Å².